The van der Waals surface area contributed by atoms with E-state index in [1.54, 1.807) is 0 Å². The van der Waals surface area contributed by atoms with E-state index < -0.39 is 9.84 Å². The predicted molar refractivity (Wildman–Crippen MR) is 88.3 cm³/mol. The highest BCUT2D eigenvalue weighted by Gasteiger charge is 2.33. The van der Waals surface area contributed by atoms with Crippen molar-refractivity contribution < 1.29 is 8.42 Å². The van der Waals surface area contributed by atoms with Crippen LogP contribution in [0.3, 0.4) is 0 Å². The summed E-state index contributed by atoms with van der Waals surface area (Å²) < 4.78 is 23.8. The molecule has 1 saturated carbocycles. The van der Waals surface area contributed by atoms with Crippen molar-refractivity contribution >= 4 is 9.84 Å². The summed E-state index contributed by atoms with van der Waals surface area (Å²) in [4.78, 5) is 2.57. The molecule has 5 heteroatoms. The molecule has 1 heterocycles. The lowest BCUT2D eigenvalue weighted by Crippen LogP contribution is -2.48. The fraction of sp³-hybridized carbons (Fsp3) is 1.00. The molecule has 1 aliphatic carbocycles. The SMILES string of the molecule is CC(C)CN(CC1CCCN1)C1CCCC(S(C)(=O)=O)C1. The summed E-state index contributed by atoms with van der Waals surface area (Å²) >= 11 is 0. The highest BCUT2D eigenvalue weighted by molar-refractivity contribution is 7.91. The van der Waals surface area contributed by atoms with Gasteiger partial charge in [0.15, 0.2) is 0 Å². The molecular formula is C16H32N2O2S. The van der Waals surface area contributed by atoms with E-state index in [0.717, 1.165) is 45.3 Å². The Balaban J connectivity index is 2.00. The summed E-state index contributed by atoms with van der Waals surface area (Å²) in [6.07, 6.45) is 7.84. The second kappa shape index (κ2) is 7.42. The number of nitrogens with one attached hydrogen (secondary N) is 1. The summed E-state index contributed by atoms with van der Waals surface area (Å²) in [5.74, 6) is 0.630. The lowest BCUT2D eigenvalue weighted by atomic mass is 9.92. The van der Waals surface area contributed by atoms with Gasteiger partial charge in [0.2, 0.25) is 0 Å². The van der Waals surface area contributed by atoms with Gasteiger partial charge in [-0.15, -0.1) is 0 Å². The number of rotatable bonds is 6. The average molecular weight is 317 g/mol. The maximum absolute atomic E-state index is 11.9. The topological polar surface area (TPSA) is 49.4 Å². The summed E-state index contributed by atoms with van der Waals surface area (Å²) in [5, 5.41) is 3.46. The summed E-state index contributed by atoms with van der Waals surface area (Å²) in [6, 6.07) is 1.05. The number of hydrogen-bond donors (Lipinski definition) is 1. The van der Waals surface area contributed by atoms with Crippen LogP contribution in [0, 0.1) is 5.92 Å². The second-order valence-electron chi connectivity index (χ2n) is 7.41. The van der Waals surface area contributed by atoms with E-state index in [0.29, 0.717) is 18.0 Å². The van der Waals surface area contributed by atoms with Crippen LogP contribution in [-0.2, 0) is 9.84 Å². The monoisotopic (exact) mass is 316 g/mol. The van der Waals surface area contributed by atoms with Gasteiger partial charge in [0.25, 0.3) is 0 Å². The van der Waals surface area contributed by atoms with Crippen molar-refractivity contribution in [2.75, 3.05) is 25.9 Å². The average Bonchev–Trinajstić information content (AvgIpc) is 2.89. The maximum atomic E-state index is 11.9. The van der Waals surface area contributed by atoms with E-state index in [1.807, 2.05) is 0 Å². The highest BCUT2D eigenvalue weighted by atomic mass is 32.2. The van der Waals surface area contributed by atoms with Crippen molar-refractivity contribution in [2.24, 2.45) is 5.92 Å². The molecule has 2 fully saturated rings. The van der Waals surface area contributed by atoms with Crippen molar-refractivity contribution in [2.45, 2.75) is 69.7 Å². The van der Waals surface area contributed by atoms with Crippen LogP contribution >= 0.6 is 0 Å². The molecule has 0 aromatic rings. The predicted octanol–water partition coefficient (Wildman–Crippen LogP) is 2.05. The molecule has 0 radical (unpaired) electrons. The molecule has 4 nitrogen and oxygen atoms in total. The zero-order chi connectivity index (χ0) is 15.5. The Bertz CT molecular complexity index is 416. The van der Waals surface area contributed by atoms with Crippen LogP contribution < -0.4 is 5.32 Å². The molecule has 0 spiro atoms. The third-order valence-corrected chi connectivity index (χ3v) is 6.58. The Morgan fingerprint density at radius 3 is 2.52 bits per heavy atom. The molecule has 3 unspecified atom stereocenters. The second-order valence-corrected chi connectivity index (χ2v) is 9.74. The number of hydrogen-bond acceptors (Lipinski definition) is 4. The Kier molecular flexibility index (Phi) is 6.09. The van der Waals surface area contributed by atoms with Crippen molar-refractivity contribution in [3.05, 3.63) is 0 Å². The highest BCUT2D eigenvalue weighted by Crippen LogP contribution is 2.28. The quantitative estimate of drug-likeness (QED) is 0.815. The van der Waals surface area contributed by atoms with Gasteiger partial charge >= 0.3 is 0 Å². The molecular weight excluding hydrogens is 284 g/mol. The van der Waals surface area contributed by atoms with Crippen molar-refractivity contribution in [3.63, 3.8) is 0 Å². The normalized spacial score (nSPS) is 31.2. The van der Waals surface area contributed by atoms with E-state index >= 15 is 0 Å². The van der Waals surface area contributed by atoms with Crippen molar-refractivity contribution in [1.29, 1.82) is 0 Å². The van der Waals surface area contributed by atoms with E-state index in [2.05, 4.69) is 24.1 Å². The zero-order valence-electron chi connectivity index (χ0n) is 13.8. The first-order valence-corrected chi connectivity index (χ1v) is 10.5. The van der Waals surface area contributed by atoms with Gasteiger partial charge in [-0.2, -0.15) is 0 Å². The van der Waals surface area contributed by atoms with Gasteiger partial charge in [0.05, 0.1) is 5.25 Å². The van der Waals surface area contributed by atoms with E-state index in [9.17, 15) is 8.42 Å². The standard InChI is InChI=1S/C16H32N2O2S/c1-13(2)11-18(12-14-6-5-9-17-14)15-7-4-8-16(10-15)21(3,19)20/h13-17H,4-12H2,1-3H3. The molecule has 2 rings (SSSR count). The number of nitrogens with zero attached hydrogens (tertiary/aromatic N) is 1. The maximum Gasteiger partial charge on any atom is 0.150 e. The van der Waals surface area contributed by atoms with E-state index in [4.69, 9.17) is 0 Å². The van der Waals surface area contributed by atoms with Gasteiger partial charge in [-0.05, 0) is 44.6 Å². The smallest absolute Gasteiger partial charge is 0.150 e. The zero-order valence-corrected chi connectivity index (χ0v) is 14.7. The van der Waals surface area contributed by atoms with Gasteiger partial charge in [0, 0.05) is 31.4 Å². The summed E-state index contributed by atoms with van der Waals surface area (Å²) in [6.45, 7) is 7.81. The van der Waals surface area contributed by atoms with Gasteiger partial charge in [-0.3, -0.25) is 4.90 Å². The Morgan fingerprint density at radius 2 is 1.95 bits per heavy atom. The summed E-state index contributed by atoms with van der Waals surface area (Å²) in [7, 11) is -2.89. The molecule has 1 aliphatic heterocycles. The third kappa shape index (κ3) is 5.22. The van der Waals surface area contributed by atoms with Crippen LogP contribution in [-0.4, -0.2) is 56.5 Å². The van der Waals surface area contributed by atoms with Crippen molar-refractivity contribution in [1.82, 2.24) is 10.2 Å². The van der Waals surface area contributed by atoms with Crippen LogP contribution in [0.5, 0.6) is 0 Å². The fourth-order valence-corrected chi connectivity index (χ4v) is 5.04. The van der Waals surface area contributed by atoms with Crippen LogP contribution in [0.25, 0.3) is 0 Å². The lowest BCUT2D eigenvalue weighted by molar-refractivity contribution is 0.129. The molecule has 3 atom stereocenters. The molecule has 0 amide bonds. The summed E-state index contributed by atoms with van der Waals surface area (Å²) in [5.41, 5.74) is 0. The van der Waals surface area contributed by atoms with Gasteiger partial charge in [-0.25, -0.2) is 8.42 Å². The minimum absolute atomic E-state index is 0.123. The number of sulfone groups is 1. The third-order valence-electron chi connectivity index (χ3n) is 4.94. The van der Waals surface area contributed by atoms with Gasteiger partial charge in [-0.1, -0.05) is 20.3 Å². The van der Waals surface area contributed by atoms with Crippen molar-refractivity contribution in [3.8, 4) is 0 Å². The van der Waals surface area contributed by atoms with E-state index in [-0.39, 0.29) is 5.25 Å². The lowest BCUT2D eigenvalue weighted by Gasteiger charge is -2.39. The van der Waals surface area contributed by atoms with Crippen LogP contribution in [0.15, 0.2) is 0 Å². The first kappa shape index (κ1) is 17.2. The Hall–Kier alpha value is -0.130. The Labute approximate surface area is 130 Å². The first-order valence-electron chi connectivity index (χ1n) is 8.52. The minimum Gasteiger partial charge on any atom is -0.313 e. The Morgan fingerprint density at radius 1 is 1.19 bits per heavy atom. The van der Waals surface area contributed by atoms with E-state index in [1.165, 1.54) is 19.1 Å². The molecule has 21 heavy (non-hydrogen) atoms. The first-order chi connectivity index (χ1) is 9.86. The van der Waals surface area contributed by atoms with Crippen LogP contribution in [0.1, 0.15) is 52.4 Å². The molecule has 1 N–H and O–H groups in total. The largest absolute Gasteiger partial charge is 0.313 e. The molecule has 0 aromatic heterocycles. The van der Waals surface area contributed by atoms with Crippen LogP contribution in [0.4, 0.5) is 0 Å². The molecule has 1 saturated heterocycles. The molecule has 2 aliphatic rings. The molecule has 0 aromatic carbocycles. The fourth-order valence-electron chi connectivity index (χ4n) is 3.88. The van der Waals surface area contributed by atoms with Crippen LogP contribution in [0.2, 0.25) is 0 Å². The molecule has 124 valence electrons. The van der Waals surface area contributed by atoms with Gasteiger partial charge in [0.1, 0.15) is 9.84 Å². The minimum atomic E-state index is -2.89. The molecule has 0 bridgehead atoms. The van der Waals surface area contributed by atoms with Gasteiger partial charge < -0.3 is 5.32 Å².